The Hall–Kier alpha value is -0.200. The highest BCUT2D eigenvalue weighted by atomic mass is 16.3. The van der Waals surface area contributed by atoms with Crippen LogP contribution >= 0.6 is 0 Å². The minimum absolute atomic E-state index is 0.195. The van der Waals surface area contributed by atoms with Crippen LogP contribution in [0.4, 0.5) is 0 Å². The molecule has 0 heterocycles. The normalized spacial score (nSPS) is 17.8. The van der Waals surface area contributed by atoms with E-state index in [0.29, 0.717) is 6.42 Å². The summed E-state index contributed by atoms with van der Waals surface area (Å²) in [4.78, 5) is 0. The molecule has 0 radical (unpaired) electrons. The molecule has 3 atom stereocenters. The Morgan fingerprint density at radius 1 is 1.00 bits per heavy atom. The molecule has 0 saturated heterocycles. The number of nitrogens with two attached hydrogens (primary N) is 2. The van der Waals surface area contributed by atoms with E-state index in [1.165, 1.54) is 0 Å². The molecule has 86 valence electrons. The van der Waals surface area contributed by atoms with Gasteiger partial charge in [-0.15, -0.1) is 0 Å². The van der Waals surface area contributed by atoms with Gasteiger partial charge in [-0.3, -0.25) is 0 Å². The minimum Gasteiger partial charge on any atom is -0.396 e. The number of unbranched alkanes of at least 4 members (excludes halogenated alkanes) is 2. The van der Waals surface area contributed by atoms with Crippen LogP contribution in [0.15, 0.2) is 0 Å². The number of hydrogen-bond acceptors (Lipinski definition) is 5. The minimum atomic E-state index is -0.942. The van der Waals surface area contributed by atoms with Crippen molar-refractivity contribution in [1.29, 1.82) is 0 Å². The van der Waals surface area contributed by atoms with Crippen LogP contribution in [0.5, 0.6) is 0 Å². The lowest BCUT2D eigenvalue weighted by molar-refractivity contribution is 0.0657. The van der Waals surface area contributed by atoms with E-state index < -0.39 is 12.1 Å². The molecule has 14 heavy (non-hydrogen) atoms. The molecule has 7 N–H and O–H groups in total. The zero-order valence-corrected chi connectivity index (χ0v) is 8.47. The van der Waals surface area contributed by atoms with E-state index in [-0.39, 0.29) is 19.3 Å². The van der Waals surface area contributed by atoms with Crippen LogP contribution in [0, 0.1) is 0 Å². The summed E-state index contributed by atoms with van der Waals surface area (Å²) in [6.45, 7) is -0.161. The summed E-state index contributed by atoms with van der Waals surface area (Å²) in [5.74, 6) is 0. The molecule has 0 aliphatic rings. The van der Waals surface area contributed by atoms with Gasteiger partial charge in [-0.05, 0) is 12.8 Å². The van der Waals surface area contributed by atoms with E-state index in [1.54, 1.807) is 0 Å². The first-order valence-corrected chi connectivity index (χ1v) is 5.04. The molecule has 0 aliphatic heterocycles. The van der Waals surface area contributed by atoms with Crippen molar-refractivity contribution >= 4 is 0 Å². The lowest BCUT2D eigenvalue weighted by Gasteiger charge is -2.23. The molecular formula is C9H22N2O3. The Balaban J connectivity index is 3.56. The second kappa shape index (κ2) is 8.14. The fourth-order valence-electron chi connectivity index (χ4n) is 1.27. The van der Waals surface area contributed by atoms with E-state index in [1.807, 2.05) is 0 Å². The van der Waals surface area contributed by atoms with Crippen LogP contribution in [-0.4, -0.2) is 46.7 Å². The molecule has 0 amide bonds. The van der Waals surface area contributed by atoms with Crippen molar-refractivity contribution in [3.05, 3.63) is 0 Å². The van der Waals surface area contributed by atoms with Crippen molar-refractivity contribution in [2.24, 2.45) is 11.5 Å². The van der Waals surface area contributed by atoms with E-state index in [9.17, 15) is 5.11 Å². The number of aliphatic hydroxyl groups excluding tert-OH is 3. The third kappa shape index (κ3) is 5.51. The first-order chi connectivity index (χ1) is 6.63. The molecule has 0 fully saturated rings. The van der Waals surface area contributed by atoms with E-state index in [4.69, 9.17) is 21.7 Å². The maximum Gasteiger partial charge on any atom is 0.0936 e. The van der Waals surface area contributed by atoms with Gasteiger partial charge in [0.15, 0.2) is 0 Å². The second-order valence-corrected chi connectivity index (χ2v) is 3.56. The average molecular weight is 206 g/mol. The molecule has 3 unspecified atom stereocenters. The first-order valence-electron chi connectivity index (χ1n) is 5.04. The van der Waals surface area contributed by atoms with Crippen LogP contribution in [0.3, 0.4) is 0 Å². The summed E-state index contributed by atoms with van der Waals surface area (Å²) in [5.41, 5.74) is 11.3. The number of hydrogen-bond donors (Lipinski definition) is 5. The third-order valence-corrected chi connectivity index (χ3v) is 2.32. The van der Waals surface area contributed by atoms with Crippen LogP contribution < -0.4 is 11.5 Å². The van der Waals surface area contributed by atoms with Crippen LogP contribution in [0.25, 0.3) is 0 Å². The maximum atomic E-state index is 9.20. The standard InChI is InChI=1S/C9H22N2O3/c10-7(4-2-1-3-5-12)9(11)8(14)6-13/h7-9,12-14H,1-6,10-11H2. The molecule has 0 aromatic heterocycles. The van der Waals surface area contributed by atoms with Gasteiger partial charge >= 0.3 is 0 Å². The highest BCUT2D eigenvalue weighted by molar-refractivity contribution is 4.82. The van der Waals surface area contributed by atoms with Crippen molar-refractivity contribution in [2.45, 2.75) is 43.9 Å². The first kappa shape index (κ1) is 13.8. The molecule has 0 aromatic carbocycles. The van der Waals surface area contributed by atoms with Crippen LogP contribution in [0.2, 0.25) is 0 Å². The predicted molar refractivity (Wildman–Crippen MR) is 54.6 cm³/mol. The fourth-order valence-corrected chi connectivity index (χ4v) is 1.27. The zero-order chi connectivity index (χ0) is 11.0. The largest absolute Gasteiger partial charge is 0.396 e. The molecule has 0 saturated carbocycles. The fraction of sp³-hybridized carbons (Fsp3) is 1.00. The quantitative estimate of drug-likeness (QED) is 0.312. The Labute approximate surface area is 84.7 Å². The maximum absolute atomic E-state index is 9.20. The molecule has 5 nitrogen and oxygen atoms in total. The van der Waals surface area contributed by atoms with E-state index in [0.717, 1.165) is 19.3 Å². The van der Waals surface area contributed by atoms with Crippen LogP contribution in [0.1, 0.15) is 25.7 Å². The van der Waals surface area contributed by atoms with Crippen molar-refractivity contribution < 1.29 is 15.3 Å². The monoisotopic (exact) mass is 206 g/mol. The van der Waals surface area contributed by atoms with Gasteiger partial charge in [-0.25, -0.2) is 0 Å². The predicted octanol–water partition coefficient (Wildman–Crippen LogP) is -1.45. The van der Waals surface area contributed by atoms with Crippen LogP contribution in [-0.2, 0) is 0 Å². The summed E-state index contributed by atoms with van der Waals surface area (Å²) >= 11 is 0. The smallest absolute Gasteiger partial charge is 0.0936 e. The molecule has 0 bridgehead atoms. The second-order valence-electron chi connectivity index (χ2n) is 3.56. The Morgan fingerprint density at radius 3 is 2.14 bits per heavy atom. The Bertz CT molecular complexity index is 135. The summed E-state index contributed by atoms with van der Waals surface area (Å²) in [5, 5.41) is 26.4. The zero-order valence-electron chi connectivity index (χ0n) is 8.47. The summed E-state index contributed by atoms with van der Waals surface area (Å²) in [6.07, 6.45) is 2.32. The van der Waals surface area contributed by atoms with Gasteiger partial charge in [0.25, 0.3) is 0 Å². The van der Waals surface area contributed by atoms with Gasteiger partial charge in [0.2, 0.25) is 0 Å². The summed E-state index contributed by atoms with van der Waals surface area (Å²) in [6, 6.07) is -0.870. The summed E-state index contributed by atoms with van der Waals surface area (Å²) < 4.78 is 0. The van der Waals surface area contributed by atoms with Gasteiger partial charge in [0, 0.05) is 18.7 Å². The number of aliphatic hydroxyl groups is 3. The molecule has 0 aromatic rings. The summed E-state index contributed by atoms with van der Waals surface area (Å²) in [7, 11) is 0. The molecule has 0 aliphatic carbocycles. The van der Waals surface area contributed by atoms with Gasteiger partial charge in [-0.1, -0.05) is 12.8 Å². The highest BCUT2D eigenvalue weighted by Gasteiger charge is 2.20. The van der Waals surface area contributed by atoms with Gasteiger partial charge < -0.3 is 26.8 Å². The molecular weight excluding hydrogens is 184 g/mol. The molecule has 0 rings (SSSR count). The van der Waals surface area contributed by atoms with E-state index in [2.05, 4.69) is 0 Å². The lowest BCUT2D eigenvalue weighted by atomic mass is 9.99. The van der Waals surface area contributed by atoms with Gasteiger partial charge in [0.1, 0.15) is 0 Å². The third-order valence-electron chi connectivity index (χ3n) is 2.32. The highest BCUT2D eigenvalue weighted by Crippen LogP contribution is 2.06. The Kier molecular flexibility index (Phi) is 8.02. The average Bonchev–Trinajstić information content (AvgIpc) is 2.21. The van der Waals surface area contributed by atoms with Crippen molar-refractivity contribution in [3.63, 3.8) is 0 Å². The molecule has 0 spiro atoms. The lowest BCUT2D eigenvalue weighted by Crippen LogP contribution is -2.50. The van der Waals surface area contributed by atoms with E-state index >= 15 is 0 Å². The van der Waals surface area contributed by atoms with Crippen molar-refractivity contribution in [3.8, 4) is 0 Å². The van der Waals surface area contributed by atoms with Gasteiger partial charge in [-0.2, -0.15) is 0 Å². The van der Waals surface area contributed by atoms with Crippen molar-refractivity contribution in [2.75, 3.05) is 13.2 Å². The molecule has 5 heteroatoms. The topological polar surface area (TPSA) is 113 Å². The van der Waals surface area contributed by atoms with Crippen molar-refractivity contribution in [1.82, 2.24) is 0 Å². The van der Waals surface area contributed by atoms with Gasteiger partial charge in [0.05, 0.1) is 12.7 Å². The Morgan fingerprint density at radius 2 is 1.64 bits per heavy atom. The SMILES string of the molecule is NC(CCCCCO)C(N)C(O)CO. The number of rotatable bonds is 8.